The van der Waals surface area contributed by atoms with Gasteiger partial charge in [-0.1, -0.05) is 0 Å². The van der Waals surface area contributed by atoms with Crippen molar-refractivity contribution in [2.24, 2.45) is 0 Å². The van der Waals surface area contributed by atoms with Crippen LogP contribution in [0.5, 0.6) is 0 Å². The molecule has 0 unspecified atom stereocenters. The zero-order valence-electron chi connectivity index (χ0n) is 10.5. The third kappa shape index (κ3) is 3.02. The molecule has 2 rings (SSSR count). The van der Waals surface area contributed by atoms with E-state index in [2.05, 4.69) is 20.0 Å². The first-order chi connectivity index (χ1) is 9.03. The quantitative estimate of drug-likeness (QED) is 0.864. The Morgan fingerprint density at radius 2 is 2.21 bits per heavy atom. The van der Waals surface area contributed by atoms with Crippen molar-refractivity contribution >= 4 is 21.7 Å². The number of rotatable bonds is 5. The van der Waals surface area contributed by atoms with Crippen molar-refractivity contribution in [3.8, 4) is 0 Å². The van der Waals surface area contributed by atoms with E-state index in [1.165, 1.54) is 18.7 Å². The van der Waals surface area contributed by atoms with Gasteiger partial charge in [0.2, 0.25) is 0 Å². The van der Waals surface area contributed by atoms with Crippen LogP contribution < -0.4 is 10.0 Å². The number of hydrogen-bond donors (Lipinski definition) is 2. The summed E-state index contributed by atoms with van der Waals surface area (Å²) >= 11 is 0. The van der Waals surface area contributed by atoms with Gasteiger partial charge in [-0.25, -0.2) is 13.1 Å². The lowest BCUT2D eigenvalue weighted by atomic mass is 10.4. The minimum atomic E-state index is -3.78. The predicted molar refractivity (Wildman–Crippen MR) is 70.4 cm³/mol. The summed E-state index contributed by atoms with van der Waals surface area (Å²) in [6.45, 7) is 4.18. The van der Waals surface area contributed by atoms with Crippen molar-refractivity contribution < 1.29 is 12.8 Å². The molecule has 2 aromatic heterocycles. The summed E-state index contributed by atoms with van der Waals surface area (Å²) in [4.78, 5) is 7.78. The lowest BCUT2D eigenvalue weighted by Gasteiger charge is -2.10. The summed E-state index contributed by atoms with van der Waals surface area (Å²) in [5.41, 5.74) is 1.07. The fourth-order valence-electron chi connectivity index (χ4n) is 1.50. The lowest BCUT2D eigenvalue weighted by molar-refractivity contribution is 0.569. The fourth-order valence-corrected chi connectivity index (χ4v) is 2.56. The number of aryl methyl sites for hydroxylation is 1. The van der Waals surface area contributed by atoms with Crippen molar-refractivity contribution in [1.82, 2.24) is 9.97 Å². The molecule has 0 saturated heterocycles. The van der Waals surface area contributed by atoms with Gasteiger partial charge >= 0.3 is 6.01 Å². The molecule has 0 saturated carbocycles. The molecule has 0 bridgehead atoms. The molecule has 0 aliphatic heterocycles. The van der Waals surface area contributed by atoms with Crippen LogP contribution in [0.1, 0.15) is 12.6 Å². The first kappa shape index (κ1) is 13.3. The van der Waals surface area contributed by atoms with Crippen LogP contribution in [0, 0.1) is 6.92 Å². The number of hydrogen-bond acceptors (Lipinski definition) is 6. The van der Waals surface area contributed by atoms with Crippen LogP contribution in [0.15, 0.2) is 34.0 Å². The Morgan fingerprint density at radius 1 is 1.42 bits per heavy atom. The Hall–Kier alpha value is -2.09. The minimum Gasteiger partial charge on any atom is -0.431 e. The highest BCUT2D eigenvalue weighted by atomic mass is 32.2. The Balaban J connectivity index is 2.34. The number of nitrogens with zero attached hydrogens (tertiary/aromatic N) is 2. The molecule has 0 aromatic carbocycles. The number of pyridine rings is 1. The van der Waals surface area contributed by atoms with Gasteiger partial charge in [-0.05, 0) is 19.9 Å². The topological polar surface area (TPSA) is 97.1 Å². The highest BCUT2D eigenvalue weighted by molar-refractivity contribution is 7.92. The number of aromatic nitrogens is 2. The molecule has 0 spiro atoms. The normalized spacial score (nSPS) is 11.3. The van der Waals surface area contributed by atoms with Gasteiger partial charge < -0.3 is 9.73 Å². The first-order valence-corrected chi connectivity index (χ1v) is 7.14. The second-order valence-electron chi connectivity index (χ2n) is 3.80. The highest BCUT2D eigenvalue weighted by Gasteiger charge is 2.20. The van der Waals surface area contributed by atoms with Crippen LogP contribution in [0.2, 0.25) is 0 Å². The minimum absolute atomic E-state index is 0.0488. The lowest BCUT2D eigenvalue weighted by Crippen LogP contribution is -2.16. The summed E-state index contributed by atoms with van der Waals surface area (Å²) in [6, 6.07) is 1.53. The Bertz CT molecular complexity index is 666. The van der Waals surface area contributed by atoms with Gasteiger partial charge in [0, 0.05) is 18.9 Å². The summed E-state index contributed by atoms with van der Waals surface area (Å²) < 4.78 is 31.7. The summed E-state index contributed by atoms with van der Waals surface area (Å²) in [6.07, 6.45) is 4.16. The maximum Gasteiger partial charge on any atom is 0.309 e. The van der Waals surface area contributed by atoms with Crippen molar-refractivity contribution in [2.45, 2.75) is 18.7 Å². The zero-order chi connectivity index (χ0) is 13.9. The molecule has 0 aliphatic rings. The monoisotopic (exact) mass is 282 g/mol. The number of sulfonamides is 1. The van der Waals surface area contributed by atoms with E-state index in [1.807, 2.05) is 6.92 Å². The van der Waals surface area contributed by atoms with E-state index in [0.717, 1.165) is 0 Å². The largest absolute Gasteiger partial charge is 0.431 e. The van der Waals surface area contributed by atoms with E-state index in [4.69, 9.17) is 4.42 Å². The van der Waals surface area contributed by atoms with Crippen molar-refractivity contribution in [2.75, 3.05) is 16.6 Å². The van der Waals surface area contributed by atoms with Crippen LogP contribution >= 0.6 is 0 Å². The molecule has 0 amide bonds. The van der Waals surface area contributed by atoms with Crippen LogP contribution in [0.3, 0.4) is 0 Å². The van der Waals surface area contributed by atoms with E-state index in [0.29, 0.717) is 17.9 Å². The van der Waals surface area contributed by atoms with Crippen molar-refractivity contribution in [1.29, 1.82) is 0 Å². The average molecular weight is 282 g/mol. The standard InChI is InChI=1S/C11H14N4O3S/c1-3-13-9-4-5-12-6-10(9)19(16,17)15-11-14-8(2)7-18-11/h4-7H,3H2,1-2H3,(H,12,13)(H,14,15). The van der Waals surface area contributed by atoms with E-state index >= 15 is 0 Å². The fraction of sp³-hybridized carbons (Fsp3) is 0.273. The smallest absolute Gasteiger partial charge is 0.309 e. The van der Waals surface area contributed by atoms with Gasteiger partial charge in [-0.15, -0.1) is 0 Å². The maximum atomic E-state index is 12.2. The van der Waals surface area contributed by atoms with Gasteiger partial charge in [-0.3, -0.25) is 4.98 Å². The molecular weight excluding hydrogens is 268 g/mol. The number of anilines is 2. The van der Waals surface area contributed by atoms with Crippen LogP contribution in [0.4, 0.5) is 11.7 Å². The molecule has 2 N–H and O–H groups in total. The van der Waals surface area contributed by atoms with Crippen LogP contribution in [-0.4, -0.2) is 24.9 Å². The van der Waals surface area contributed by atoms with Gasteiger partial charge in [0.25, 0.3) is 10.0 Å². The average Bonchev–Trinajstić information content (AvgIpc) is 2.75. The molecule has 0 fully saturated rings. The Labute approximate surface area is 111 Å². The van der Waals surface area contributed by atoms with E-state index in [1.54, 1.807) is 13.0 Å². The molecule has 0 radical (unpaired) electrons. The SMILES string of the molecule is CCNc1ccncc1S(=O)(=O)Nc1nc(C)co1. The molecule has 19 heavy (non-hydrogen) atoms. The van der Waals surface area contributed by atoms with Crippen LogP contribution in [-0.2, 0) is 10.0 Å². The Kier molecular flexibility index (Phi) is 3.70. The van der Waals surface area contributed by atoms with E-state index in [-0.39, 0.29) is 10.9 Å². The molecule has 0 aliphatic carbocycles. The zero-order valence-corrected chi connectivity index (χ0v) is 11.4. The maximum absolute atomic E-state index is 12.2. The second-order valence-corrected chi connectivity index (χ2v) is 5.45. The molecule has 102 valence electrons. The Morgan fingerprint density at radius 3 is 2.84 bits per heavy atom. The van der Waals surface area contributed by atoms with Crippen LogP contribution in [0.25, 0.3) is 0 Å². The molecule has 2 aromatic rings. The van der Waals surface area contributed by atoms with Gasteiger partial charge in [0.1, 0.15) is 11.2 Å². The summed E-state index contributed by atoms with van der Waals surface area (Å²) in [7, 11) is -3.78. The van der Waals surface area contributed by atoms with E-state index in [9.17, 15) is 8.42 Å². The van der Waals surface area contributed by atoms with Crippen molar-refractivity contribution in [3.05, 3.63) is 30.4 Å². The van der Waals surface area contributed by atoms with E-state index < -0.39 is 10.0 Å². The second kappa shape index (κ2) is 5.27. The highest BCUT2D eigenvalue weighted by Crippen LogP contribution is 2.22. The molecule has 7 nitrogen and oxygen atoms in total. The first-order valence-electron chi connectivity index (χ1n) is 5.66. The molecule has 2 heterocycles. The summed E-state index contributed by atoms with van der Waals surface area (Å²) in [5, 5.41) is 2.96. The molecule has 0 atom stereocenters. The summed E-state index contributed by atoms with van der Waals surface area (Å²) in [5.74, 6) is 0. The third-order valence-corrected chi connectivity index (χ3v) is 3.63. The third-order valence-electron chi connectivity index (χ3n) is 2.28. The van der Waals surface area contributed by atoms with Gasteiger partial charge in [-0.2, -0.15) is 4.98 Å². The number of oxazole rings is 1. The van der Waals surface area contributed by atoms with Gasteiger partial charge in [0.05, 0.1) is 11.4 Å². The molecule has 8 heteroatoms. The van der Waals surface area contributed by atoms with Crippen molar-refractivity contribution in [3.63, 3.8) is 0 Å². The molecular formula is C11H14N4O3S. The van der Waals surface area contributed by atoms with Gasteiger partial charge in [0.15, 0.2) is 0 Å². The predicted octanol–water partition coefficient (Wildman–Crippen LogP) is 1.61. The number of nitrogens with one attached hydrogen (secondary N) is 2.